The number of aliphatic carboxylic acids is 1. The average Bonchev–Trinajstić information content (AvgIpc) is 2.58. The molecular weight excluding hydrogens is 332 g/mol. The summed E-state index contributed by atoms with van der Waals surface area (Å²) in [6, 6.07) is 11.5. The fourth-order valence-electron chi connectivity index (χ4n) is 2.91. The van der Waals surface area contributed by atoms with Gasteiger partial charge in [-0.15, -0.1) is 0 Å². The number of hydrogen-bond acceptors (Lipinski definition) is 3. The van der Waals surface area contributed by atoms with Crippen LogP contribution < -0.4 is 10.6 Å². The molecule has 0 saturated carbocycles. The Hall–Kier alpha value is -2.89. The van der Waals surface area contributed by atoms with Crippen molar-refractivity contribution in [2.45, 2.75) is 39.3 Å². The van der Waals surface area contributed by atoms with E-state index in [1.54, 1.807) is 13.8 Å². The first-order valence-corrected chi connectivity index (χ1v) is 8.56. The van der Waals surface area contributed by atoms with Crippen molar-refractivity contribution < 1.29 is 19.5 Å². The summed E-state index contributed by atoms with van der Waals surface area (Å²) in [5.74, 6) is -2.11. The molecule has 0 radical (unpaired) electrons. The van der Waals surface area contributed by atoms with Crippen molar-refractivity contribution >= 4 is 28.6 Å². The Balaban J connectivity index is 2.22. The summed E-state index contributed by atoms with van der Waals surface area (Å²) in [5, 5.41) is 16.7. The highest BCUT2D eigenvalue weighted by atomic mass is 16.4. The Kier molecular flexibility index (Phi) is 6.33. The molecule has 2 atom stereocenters. The quantitative estimate of drug-likeness (QED) is 0.708. The second-order valence-corrected chi connectivity index (χ2v) is 6.66. The number of carbonyl (C=O) groups is 3. The molecular formula is C20H24N2O4. The van der Waals surface area contributed by atoms with Crippen LogP contribution in [0.2, 0.25) is 0 Å². The second-order valence-electron chi connectivity index (χ2n) is 6.66. The Morgan fingerprint density at radius 3 is 2.27 bits per heavy atom. The molecule has 6 heteroatoms. The number of nitrogens with one attached hydrogen (secondary N) is 2. The summed E-state index contributed by atoms with van der Waals surface area (Å²) >= 11 is 0. The summed E-state index contributed by atoms with van der Waals surface area (Å²) < 4.78 is 0. The van der Waals surface area contributed by atoms with Gasteiger partial charge in [-0.3, -0.25) is 9.59 Å². The molecule has 0 bridgehead atoms. The van der Waals surface area contributed by atoms with E-state index >= 15 is 0 Å². The molecule has 0 spiro atoms. The third-order valence-electron chi connectivity index (χ3n) is 4.23. The Labute approximate surface area is 152 Å². The highest BCUT2D eigenvalue weighted by molar-refractivity contribution is 5.91. The summed E-state index contributed by atoms with van der Waals surface area (Å²) in [7, 11) is 0. The number of hydrogen-bond donors (Lipinski definition) is 3. The van der Waals surface area contributed by atoms with E-state index in [-0.39, 0.29) is 18.2 Å². The zero-order valence-electron chi connectivity index (χ0n) is 15.2. The van der Waals surface area contributed by atoms with E-state index in [9.17, 15) is 19.5 Å². The van der Waals surface area contributed by atoms with Gasteiger partial charge in [-0.05, 0) is 22.3 Å². The first-order valence-electron chi connectivity index (χ1n) is 8.56. The van der Waals surface area contributed by atoms with Crippen LogP contribution in [0.1, 0.15) is 26.3 Å². The van der Waals surface area contributed by atoms with Gasteiger partial charge in [0.25, 0.3) is 0 Å². The largest absolute Gasteiger partial charge is 0.480 e. The highest BCUT2D eigenvalue weighted by Gasteiger charge is 2.28. The standard InChI is InChI=1S/C20H24N2O4/c1-12(2)18(21-13(3)23)19(24)22-17(20(25)26)11-15-9-6-8-14-7-4-5-10-16(14)15/h4-10,12,17-18H,11H2,1-3H3,(H,21,23)(H,22,24)(H,25,26)/t17-,18-/m1/s1. The maximum Gasteiger partial charge on any atom is 0.326 e. The molecule has 0 saturated heterocycles. The lowest BCUT2D eigenvalue weighted by atomic mass is 9.98. The smallest absolute Gasteiger partial charge is 0.326 e. The minimum absolute atomic E-state index is 0.160. The molecule has 0 unspecified atom stereocenters. The van der Waals surface area contributed by atoms with Gasteiger partial charge in [-0.25, -0.2) is 4.79 Å². The van der Waals surface area contributed by atoms with Gasteiger partial charge in [0.2, 0.25) is 11.8 Å². The number of carboxylic acid groups (broad SMARTS) is 1. The Morgan fingerprint density at radius 1 is 1.00 bits per heavy atom. The number of rotatable bonds is 7. The number of fused-ring (bicyclic) bond motifs is 1. The third kappa shape index (κ3) is 4.81. The molecule has 2 amide bonds. The molecule has 0 aliphatic carbocycles. The minimum atomic E-state index is -1.11. The normalized spacial score (nSPS) is 13.2. The molecule has 2 aromatic rings. The van der Waals surface area contributed by atoms with Gasteiger partial charge in [-0.2, -0.15) is 0 Å². The molecule has 3 N–H and O–H groups in total. The van der Waals surface area contributed by atoms with E-state index in [0.29, 0.717) is 0 Å². The van der Waals surface area contributed by atoms with Crippen molar-refractivity contribution in [3.05, 3.63) is 48.0 Å². The van der Waals surface area contributed by atoms with Gasteiger partial charge in [0.1, 0.15) is 12.1 Å². The zero-order valence-corrected chi connectivity index (χ0v) is 15.2. The van der Waals surface area contributed by atoms with E-state index in [2.05, 4.69) is 10.6 Å². The average molecular weight is 356 g/mol. The molecule has 138 valence electrons. The number of carboxylic acids is 1. The fourth-order valence-corrected chi connectivity index (χ4v) is 2.91. The SMILES string of the molecule is CC(=O)N[C@@H](C(=O)N[C@H](Cc1cccc2ccccc12)C(=O)O)C(C)C. The van der Waals surface area contributed by atoms with Crippen LogP contribution in [0.4, 0.5) is 0 Å². The minimum Gasteiger partial charge on any atom is -0.480 e. The first-order chi connectivity index (χ1) is 12.3. The lowest BCUT2D eigenvalue weighted by Crippen LogP contribution is -2.53. The monoisotopic (exact) mass is 356 g/mol. The van der Waals surface area contributed by atoms with Crippen molar-refractivity contribution in [3.8, 4) is 0 Å². The molecule has 6 nitrogen and oxygen atoms in total. The van der Waals surface area contributed by atoms with Crippen LogP contribution in [0.3, 0.4) is 0 Å². The predicted octanol–water partition coefficient (Wildman–Crippen LogP) is 2.11. The molecule has 0 aliphatic heterocycles. The van der Waals surface area contributed by atoms with E-state index in [4.69, 9.17) is 0 Å². The molecule has 0 heterocycles. The Bertz CT molecular complexity index is 811. The van der Waals surface area contributed by atoms with E-state index in [1.165, 1.54) is 6.92 Å². The summed E-state index contributed by atoms with van der Waals surface area (Å²) in [6.45, 7) is 4.91. The molecule has 2 rings (SSSR count). The molecule has 26 heavy (non-hydrogen) atoms. The van der Waals surface area contributed by atoms with Gasteiger partial charge in [0.15, 0.2) is 0 Å². The van der Waals surface area contributed by atoms with Gasteiger partial charge in [-0.1, -0.05) is 56.3 Å². The topological polar surface area (TPSA) is 95.5 Å². The lowest BCUT2D eigenvalue weighted by molar-refractivity contribution is -0.142. The highest BCUT2D eigenvalue weighted by Crippen LogP contribution is 2.20. The van der Waals surface area contributed by atoms with Crippen LogP contribution in [-0.4, -0.2) is 35.0 Å². The lowest BCUT2D eigenvalue weighted by Gasteiger charge is -2.23. The summed E-state index contributed by atoms with van der Waals surface area (Å²) in [4.78, 5) is 35.5. The van der Waals surface area contributed by atoms with Crippen molar-refractivity contribution in [2.75, 3.05) is 0 Å². The summed E-state index contributed by atoms with van der Waals surface area (Å²) in [5.41, 5.74) is 0.844. The van der Waals surface area contributed by atoms with Crippen molar-refractivity contribution in [1.82, 2.24) is 10.6 Å². The Morgan fingerprint density at radius 2 is 1.65 bits per heavy atom. The van der Waals surface area contributed by atoms with Crippen LogP contribution in [-0.2, 0) is 20.8 Å². The molecule has 2 aromatic carbocycles. The number of amides is 2. The summed E-state index contributed by atoms with van der Waals surface area (Å²) in [6.07, 6.45) is 0.160. The third-order valence-corrected chi connectivity index (χ3v) is 4.23. The van der Waals surface area contributed by atoms with Crippen LogP contribution >= 0.6 is 0 Å². The number of benzene rings is 2. The van der Waals surface area contributed by atoms with E-state index < -0.39 is 24.0 Å². The fraction of sp³-hybridized carbons (Fsp3) is 0.350. The van der Waals surface area contributed by atoms with Gasteiger partial charge in [0, 0.05) is 13.3 Å². The molecule has 0 fully saturated rings. The van der Waals surface area contributed by atoms with E-state index in [1.807, 2.05) is 42.5 Å². The van der Waals surface area contributed by atoms with Gasteiger partial charge >= 0.3 is 5.97 Å². The van der Waals surface area contributed by atoms with Crippen molar-refractivity contribution in [3.63, 3.8) is 0 Å². The molecule has 0 aromatic heterocycles. The van der Waals surface area contributed by atoms with E-state index in [0.717, 1.165) is 16.3 Å². The zero-order chi connectivity index (χ0) is 19.3. The predicted molar refractivity (Wildman–Crippen MR) is 99.7 cm³/mol. The van der Waals surface area contributed by atoms with Crippen LogP contribution in [0.25, 0.3) is 10.8 Å². The van der Waals surface area contributed by atoms with Crippen molar-refractivity contribution in [1.29, 1.82) is 0 Å². The van der Waals surface area contributed by atoms with Crippen molar-refractivity contribution in [2.24, 2.45) is 5.92 Å². The second kappa shape index (κ2) is 8.47. The maximum atomic E-state index is 12.5. The van der Waals surface area contributed by atoms with Crippen LogP contribution in [0.5, 0.6) is 0 Å². The maximum absolute atomic E-state index is 12.5. The van der Waals surface area contributed by atoms with Gasteiger partial charge in [0.05, 0.1) is 0 Å². The van der Waals surface area contributed by atoms with Crippen LogP contribution in [0.15, 0.2) is 42.5 Å². The molecule has 0 aliphatic rings. The first kappa shape index (κ1) is 19.4. The van der Waals surface area contributed by atoms with Gasteiger partial charge < -0.3 is 15.7 Å². The number of carbonyl (C=O) groups excluding carboxylic acids is 2. The van der Waals surface area contributed by atoms with Crippen LogP contribution in [0, 0.1) is 5.92 Å².